The molecule has 0 aromatic carbocycles. The Morgan fingerprint density at radius 3 is 2.56 bits per heavy atom. The molecule has 2 N–H and O–H groups in total. The van der Waals surface area contributed by atoms with Gasteiger partial charge in [-0.05, 0) is 31.2 Å². The van der Waals surface area contributed by atoms with Crippen molar-refractivity contribution >= 4 is 5.91 Å². The fourth-order valence-corrected chi connectivity index (χ4v) is 2.00. The zero-order valence-corrected chi connectivity index (χ0v) is 10.9. The SMILES string of the molecule is CC(C)NCCCC(=O)NCC1(C)CCC1. The molecule has 0 aliphatic heterocycles. The van der Waals surface area contributed by atoms with E-state index in [1.807, 2.05) is 0 Å². The lowest BCUT2D eigenvalue weighted by atomic mass is 9.70. The van der Waals surface area contributed by atoms with E-state index in [0.717, 1.165) is 19.5 Å². The van der Waals surface area contributed by atoms with Crippen LogP contribution in [0.3, 0.4) is 0 Å². The number of hydrogen-bond donors (Lipinski definition) is 2. The van der Waals surface area contributed by atoms with Crippen LogP contribution in [0.2, 0.25) is 0 Å². The van der Waals surface area contributed by atoms with Gasteiger partial charge in [-0.15, -0.1) is 0 Å². The van der Waals surface area contributed by atoms with Gasteiger partial charge in [0.2, 0.25) is 5.91 Å². The third-order valence-corrected chi connectivity index (χ3v) is 3.41. The highest BCUT2D eigenvalue weighted by Gasteiger charge is 2.31. The molecule has 3 heteroatoms. The highest BCUT2D eigenvalue weighted by molar-refractivity contribution is 5.75. The van der Waals surface area contributed by atoms with Crippen LogP contribution in [0.4, 0.5) is 0 Å². The first kappa shape index (κ1) is 13.5. The molecule has 1 amide bonds. The molecule has 0 spiro atoms. The van der Waals surface area contributed by atoms with Crippen molar-refractivity contribution in [3.8, 4) is 0 Å². The molecular formula is C13H26N2O. The van der Waals surface area contributed by atoms with Gasteiger partial charge in [-0.25, -0.2) is 0 Å². The second-order valence-electron chi connectivity index (χ2n) is 5.65. The Hall–Kier alpha value is -0.570. The summed E-state index contributed by atoms with van der Waals surface area (Å²) in [4.78, 5) is 11.5. The van der Waals surface area contributed by atoms with Gasteiger partial charge in [-0.3, -0.25) is 4.79 Å². The molecule has 0 bridgehead atoms. The van der Waals surface area contributed by atoms with Crippen molar-refractivity contribution in [1.29, 1.82) is 0 Å². The lowest BCUT2D eigenvalue weighted by molar-refractivity contribution is -0.122. The van der Waals surface area contributed by atoms with Crippen molar-refractivity contribution in [2.75, 3.05) is 13.1 Å². The largest absolute Gasteiger partial charge is 0.356 e. The summed E-state index contributed by atoms with van der Waals surface area (Å²) in [6, 6.07) is 0.511. The monoisotopic (exact) mass is 226 g/mol. The third-order valence-electron chi connectivity index (χ3n) is 3.41. The number of nitrogens with one attached hydrogen (secondary N) is 2. The topological polar surface area (TPSA) is 41.1 Å². The van der Waals surface area contributed by atoms with Gasteiger partial charge in [-0.2, -0.15) is 0 Å². The Labute approximate surface area is 99.4 Å². The molecular weight excluding hydrogens is 200 g/mol. The van der Waals surface area contributed by atoms with E-state index in [-0.39, 0.29) is 5.91 Å². The summed E-state index contributed by atoms with van der Waals surface area (Å²) >= 11 is 0. The van der Waals surface area contributed by atoms with Crippen LogP contribution in [-0.4, -0.2) is 25.0 Å². The van der Waals surface area contributed by atoms with Crippen molar-refractivity contribution in [3.05, 3.63) is 0 Å². The molecule has 0 aromatic rings. The summed E-state index contributed by atoms with van der Waals surface area (Å²) < 4.78 is 0. The summed E-state index contributed by atoms with van der Waals surface area (Å²) in [5.41, 5.74) is 0.395. The minimum Gasteiger partial charge on any atom is -0.356 e. The van der Waals surface area contributed by atoms with E-state index in [4.69, 9.17) is 0 Å². The van der Waals surface area contributed by atoms with Gasteiger partial charge in [-0.1, -0.05) is 27.2 Å². The fourth-order valence-electron chi connectivity index (χ4n) is 2.00. The van der Waals surface area contributed by atoms with Crippen LogP contribution in [0, 0.1) is 5.41 Å². The van der Waals surface area contributed by atoms with E-state index < -0.39 is 0 Å². The second kappa shape index (κ2) is 6.24. The first-order valence-corrected chi connectivity index (χ1v) is 6.52. The minimum absolute atomic E-state index is 0.207. The van der Waals surface area contributed by atoms with Crippen LogP contribution < -0.4 is 10.6 Å². The van der Waals surface area contributed by atoms with Gasteiger partial charge in [0.15, 0.2) is 0 Å². The molecule has 3 nitrogen and oxygen atoms in total. The Balaban J connectivity index is 1.98. The van der Waals surface area contributed by atoms with Crippen LogP contribution in [0.1, 0.15) is 52.9 Å². The van der Waals surface area contributed by atoms with Crippen LogP contribution in [0.25, 0.3) is 0 Å². The van der Waals surface area contributed by atoms with Crippen LogP contribution in [0.5, 0.6) is 0 Å². The molecule has 0 heterocycles. The number of hydrogen-bond acceptors (Lipinski definition) is 2. The van der Waals surface area contributed by atoms with E-state index in [0.29, 0.717) is 17.9 Å². The number of amides is 1. The summed E-state index contributed by atoms with van der Waals surface area (Å²) in [6.07, 6.45) is 5.44. The van der Waals surface area contributed by atoms with Gasteiger partial charge in [0.05, 0.1) is 0 Å². The van der Waals surface area contributed by atoms with E-state index >= 15 is 0 Å². The van der Waals surface area contributed by atoms with Crippen molar-refractivity contribution in [2.24, 2.45) is 5.41 Å². The Morgan fingerprint density at radius 1 is 1.38 bits per heavy atom. The molecule has 1 rings (SSSR count). The van der Waals surface area contributed by atoms with E-state index in [1.165, 1.54) is 19.3 Å². The highest BCUT2D eigenvalue weighted by atomic mass is 16.1. The van der Waals surface area contributed by atoms with E-state index in [9.17, 15) is 4.79 Å². The molecule has 1 saturated carbocycles. The molecule has 94 valence electrons. The van der Waals surface area contributed by atoms with Gasteiger partial charge in [0.1, 0.15) is 0 Å². The lowest BCUT2D eigenvalue weighted by Gasteiger charge is -2.38. The second-order valence-corrected chi connectivity index (χ2v) is 5.65. The predicted molar refractivity (Wildman–Crippen MR) is 67.3 cm³/mol. The lowest BCUT2D eigenvalue weighted by Crippen LogP contribution is -2.40. The normalized spacial score (nSPS) is 18.2. The summed E-state index contributed by atoms with van der Waals surface area (Å²) in [5, 5.41) is 6.36. The zero-order valence-electron chi connectivity index (χ0n) is 10.9. The van der Waals surface area contributed by atoms with E-state index in [1.54, 1.807) is 0 Å². The van der Waals surface area contributed by atoms with E-state index in [2.05, 4.69) is 31.4 Å². The zero-order chi connectivity index (χ0) is 12.0. The van der Waals surface area contributed by atoms with Crippen molar-refractivity contribution < 1.29 is 4.79 Å². The molecule has 1 aliphatic carbocycles. The van der Waals surface area contributed by atoms with Crippen LogP contribution in [0.15, 0.2) is 0 Å². The molecule has 1 fully saturated rings. The maximum absolute atomic E-state index is 11.5. The molecule has 16 heavy (non-hydrogen) atoms. The van der Waals surface area contributed by atoms with Gasteiger partial charge in [0.25, 0.3) is 0 Å². The molecule has 1 aliphatic rings. The van der Waals surface area contributed by atoms with Crippen LogP contribution in [-0.2, 0) is 4.79 Å². The molecule has 0 saturated heterocycles. The highest BCUT2D eigenvalue weighted by Crippen LogP contribution is 2.39. The Kier molecular flexibility index (Phi) is 5.26. The average Bonchev–Trinajstić information content (AvgIpc) is 2.18. The van der Waals surface area contributed by atoms with Gasteiger partial charge < -0.3 is 10.6 Å². The maximum atomic E-state index is 11.5. The maximum Gasteiger partial charge on any atom is 0.220 e. The first-order chi connectivity index (χ1) is 7.52. The van der Waals surface area contributed by atoms with Crippen molar-refractivity contribution in [3.63, 3.8) is 0 Å². The smallest absolute Gasteiger partial charge is 0.220 e. The quantitative estimate of drug-likeness (QED) is 0.653. The molecule has 0 aromatic heterocycles. The number of carbonyl (C=O) groups is 1. The first-order valence-electron chi connectivity index (χ1n) is 6.52. The third kappa shape index (κ3) is 4.97. The number of rotatable bonds is 7. The Morgan fingerprint density at radius 2 is 2.06 bits per heavy atom. The molecule has 0 radical (unpaired) electrons. The molecule has 0 unspecified atom stereocenters. The van der Waals surface area contributed by atoms with Crippen molar-refractivity contribution in [1.82, 2.24) is 10.6 Å². The standard InChI is InChI=1S/C13H26N2O/c1-11(2)14-9-4-6-12(16)15-10-13(3)7-5-8-13/h11,14H,4-10H2,1-3H3,(H,15,16). The number of carbonyl (C=O) groups excluding carboxylic acids is 1. The molecule has 0 atom stereocenters. The van der Waals surface area contributed by atoms with Crippen molar-refractivity contribution in [2.45, 2.75) is 58.9 Å². The summed E-state index contributed by atoms with van der Waals surface area (Å²) in [6.45, 7) is 8.30. The average molecular weight is 226 g/mol. The minimum atomic E-state index is 0.207. The Bertz CT molecular complexity index is 222. The summed E-state index contributed by atoms with van der Waals surface area (Å²) in [7, 11) is 0. The van der Waals surface area contributed by atoms with Gasteiger partial charge >= 0.3 is 0 Å². The predicted octanol–water partition coefficient (Wildman–Crippen LogP) is 2.07. The summed E-state index contributed by atoms with van der Waals surface area (Å²) in [5.74, 6) is 0.207. The van der Waals surface area contributed by atoms with Gasteiger partial charge in [0, 0.05) is 19.0 Å². The van der Waals surface area contributed by atoms with Crippen LogP contribution >= 0.6 is 0 Å². The fraction of sp³-hybridized carbons (Fsp3) is 0.923.